The van der Waals surface area contributed by atoms with Crippen molar-refractivity contribution in [3.63, 3.8) is 0 Å². The molecule has 0 aliphatic carbocycles. The molecule has 0 unspecified atom stereocenters. The third-order valence-corrected chi connectivity index (χ3v) is 16.8. The molecule has 2 amide bonds. The third kappa shape index (κ3) is 11.2. The van der Waals surface area contributed by atoms with Crippen LogP contribution in [-0.2, 0) is 9.59 Å². The average Bonchev–Trinajstić information content (AvgIpc) is 0.747. The number of carbonyl (C=O) groups excluding carboxylic acids is 2. The molecule has 4 N–H and O–H groups in total. The van der Waals surface area contributed by atoms with Crippen molar-refractivity contribution in [2.24, 2.45) is 0 Å². The highest BCUT2D eigenvalue weighted by molar-refractivity contribution is 6.37. The van der Waals surface area contributed by atoms with E-state index in [0.717, 1.165) is 0 Å². The lowest BCUT2D eigenvalue weighted by molar-refractivity contribution is -0.127. The van der Waals surface area contributed by atoms with Crippen LogP contribution in [0.3, 0.4) is 0 Å². The number of nitriles is 2. The number of anilines is 4. The summed E-state index contributed by atoms with van der Waals surface area (Å²) in [7, 11) is 0. The van der Waals surface area contributed by atoms with Gasteiger partial charge < -0.3 is 31.1 Å². The molecule has 8 heterocycles. The van der Waals surface area contributed by atoms with Gasteiger partial charge in [0.05, 0.1) is 78.1 Å². The summed E-state index contributed by atoms with van der Waals surface area (Å²) in [4.78, 5) is 77.9. The van der Waals surface area contributed by atoms with E-state index >= 15 is 8.78 Å². The van der Waals surface area contributed by atoms with E-state index in [1.807, 2.05) is 39.8 Å². The molecule has 10 rings (SSSR count). The van der Waals surface area contributed by atoms with Gasteiger partial charge in [-0.05, 0) is 73.2 Å². The molecule has 0 atom stereocenters. The molecule has 2 aliphatic rings. The first kappa shape index (κ1) is 65.3. The van der Waals surface area contributed by atoms with E-state index < -0.39 is 90.0 Å². The van der Waals surface area contributed by atoms with Crippen LogP contribution < -0.4 is 32.4 Å². The number of nitrogens with zero attached hydrogens (tertiary/aromatic N) is 12. The van der Waals surface area contributed by atoms with Gasteiger partial charge in [-0.15, -0.1) is 0 Å². The van der Waals surface area contributed by atoms with Gasteiger partial charge >= 0.3 is 0 Å². The van der Waals surface area contributed by atoms with E-state index in [-0.39, 0.29) is 131 Å². The summed E-state index contributed by atoms with van der Waals surface area (Å²) in [6.07, 6.45) is 5.58. The third-order valence-electron chi connectivity index (χ3n) is 15.5. The number of aromatic nitrogens is 6. The van der Waals surface area contributed by atoms with Gasteiger partial charge in [-0.2, -0.15) is 10.5 Å². The number of carbonyl (C=O) groups is 2. The maximum absolute atomic E-state index is 15.3. The largest absolute Gasteiger partial charge is 0.397 e. The summed E-state index contributed by atoms with van der Waals surface area (Å²) in [5.74, 6) is -11.3. The van der Waals surface area contributed by atoms with Crippen molar-refractivity contribution < 1.29 is 35.9 Å². The molecule has 2 aromatic carbocycles. The van der Waals surface area contributed by atoms with Crippen LogP contribution in [0.2, 0.25) is 20.1 Å². The maximum Gasteiger partial charge on any atom is 0.276 e. The zero-order valence-electron chi connectivity index (χ0n) is 48.8. The minimum absolute atomic E-state index is 0.0735. The van der Waals surface area contributed by atoms with Crippen LogP contribution in [0.1, 0.15) is 73.2 Å². The van der Waals surface area contributed by atoms with Crippen molar-refractivity contribution >= 4 is 103 Å². The smallest absolute Gasteiger partial charge is 0.276 e. The molecule has 8 aromatic rings. The number of halogens is 10. The topological polar surface area (TPSA) is 242 Å². The lowest BCUT2D eigenvalue weighted by Crippen LogP contribution is -2.49. The van der Waals surface area contributed by atoms with Gasteiger partial charge in [-0.3, -0.25) is 38.3 Å². The Bertz CT molecular complexity index is 4260. The Hall–Kier alpha value is -9.20. The van der Waals surface area contributed by atoms with E-state index in [1.165, 1.54) is 33.4 Å². The second kappa shape index (κ2) is 25.7. The molecular formula is C62H52Cl4F6N14O4. The fourth-order valence-electron chi connectivity index (χ4n) is 11.0. The lowest BCUT2D eigenvalue weighted by atomic mass is 10.0. The van der Waals surface area contributed by atoms with Gasteiger partial charge in [0.25, 0.3) is 11.1 Å². The molecule has 0 spiro atoms. The average molecular weight is 1310 g/mol. The Morgan fingerprint density at radius 3 is 1.20 bits per heavy atom. The van der Waals surface area contributed by atoms with Crippen LogP contribution in [-0.4, -0.2) is 103 Å². The van der Waals surface area contributed by atoms with Crippen molar-refractivity contribution in [1.82, 2.24) is 38.9 Å². The Kier molecular flexibility index (Phi) is 18.6. The molecule has 2 aliphatic heterocycles. The molecule has 2 fully saturated rings. The van der Waals surface area contributed by atoms with Crippen LogP contribution in [0.25, 0.3) is 56.0 Å². The standard InChI is InChI=1S/2C31H26Cl2F3N7O2/c2*1-5-19(44)41-8-10-42(11-9-41)29-16-12-18(32)27(20-22(34)24(36)23(35)21(33)25(20)38)40-30(16)43(31(45)17(29)13-37)28-15(4)6-7-39-26(28)14(2)3/h2*5-7,12,14H,1,8-11,38H2,2-4H3. The van der Waals surface area contributed by atoms with Gasteiger partial charge in [0, 0.05) is 75.5 Å². The van der Waals surface area contributed by atoms with E-state index in [2.05, 4.69) is 33.1 Å². The van der Waals surface area contributed by atoms with Crippen LogP contribution in [0.4, 0.5) is 49.1 Å². The van der Waals surface area contributed by atoms with Crippen molar-refractivity contribution in [3.05, 3.63) is 171 Å². The van der Waals surface area contributed by atoms with Crippen molar-refractivity contribution in [2.75, 3.05) is 73.6 Å². The summed E-state index contributed by atoms with van der Waals surface area (Å²) in [5.41, 5.74) is 9.65. The van der Waals surface area contributed by atoms with E-state index in [9.17, 15) is 47.3 Å². The molecule has 6 aromatic heterocycles. The minimum atomic E-state index is -1.88. The molecule has 0 saturated carbocycles. The predicted molar refractivity (Wildman–Crippen MR) is 335 cm³/mol. The summed E-state index contributed by atoms with van der Waals surface area (Å²) < 4.78 is 90.7. The number of nitrogens with two attached hydrogens (primary N) is 2. The second-order valence-electron chi connectivity index (χ2n) is 21.5. The number of fused-ring (bicyclic) bond motifs is 2. The Morgan fingerprint density at radius 2 is 0.900 bits per heavy atom. The SMILES string of the molecule is C=CC(=O)N1CCN(c2c(C#N)c(=O)n(-c3c(C)ccnc3C(C)C)c3nc(-c4c(N)c(Cl)c(F)c(F)c4F)c(Cl)cc23)CC1.C=CC(=O)N1CCN(c2c(C#N)c(=O)n(-c3c(C)ccnc3C(C)C)c3nc(-c4c(N)c(Cl)c(F)c(F)c4F)c(Cl)cc23)CC1. The molecule has 28 heteroatoms. The van der Waals surface area contributed by atoms with E-state index in [1.54, 1.807) is 58.0 Å². The summed E-state index contributed by atoms with van der Waals surface area (Å²) >= 11 is 25.1. The first-order chi connectivity index (χ1) is 42.7. The summed E-state index contributed by atoms with van der Waals surface area (Å²) in [6, 6.07) is 10.1. The molecule has 464 valence electrons. The Morgan fingerprint density at radius 1 is 0.567 bits per heavy atom. The van der Waals surface area contributed by atoms with Crippen LogP contribution in [0.5, 0.6) is 0 Å². The van der Waals surface area contributed by atoms with Crippen molar-refractivity contribution in [1.29, 1.82) is 10.5 Å². The molecule has 0 bridgehead atoms. The zero-order chi connectivity index (χ0) is 65.8. The lowest BCUT2D eigenvalue weighted by Gasteiger charge is -2.36. The van der Waals surface area contributed by atoms with E-state index in [0.29, 0.717) is 33.9 Å². The Balaban J connectivity index is 0.000000213. The Labute approximate surface area is 530 Å². The maximum atomic E-state index is 15.3. The highest BCUT2D eigenvalue weighted by Gasteiger charge is 2.35. The van der Waals surface area contributed by atoms with Gasteiger partial charge in [0.15, 0.2) is 34.9 Å². The number of nitrogen functional groups attached to an aromatic ring is 2. The minimum Gasteiger partial charge on any atom is -0.397 e. The van der Waals surface area contributed by atoms with Crippen LogP contribution in [0.15, 0.2) is 71.6 Å². The molecular weight excluding hydrogens is 1260 g/mol. The second-order valence-corrected chi connectivity index (χ2v) is 23.1. The number of amides is 2. The first-order valence-corrected chi connectivity index (χ1v) is 29.0. The first-order valence-electron chi connectivity index (χ1n) is 27.5. The van der Waals surface area contributed by atoms with Gasteiger partial charge in [-0.1, -0.05) is 87.3 Å². The zero-order valence-corrected chi connectivity index (χ0v) is 51.8. The van der Waals surface area contributed by atoms with Crippen LogP contribution >= 0.6 is 46.4 Å². The summed E-state index contributed by atoms with van der Waals surface area (Å²) in [5, 5.41) is 19.0. The fourth-order valence-corrected chi connectivity index (χ4v) is 11.9. The number of rotatable bonds is 10. The number of pyridine rings is 6. The number of aryl methyl sites for hydroxylation is 2. The fraction of sp³-hybridized carbons (Fsp3) is 0.258. The predicted octanol–water partition coefficient (Wildman–Crippen LogP) is 11.8. The van der Waals surface area contributed by atoms with E-state index in [4.69, 9.17) is 57.9 Å². The van der Waals surface area contributed by atoms with Gasteiger partial charge in [-0.25, -0.2) is 36.3 Å². The molecule has 2 saturated heterocycles. The monoisotopic (exact) mass is 1310 g/mol. The van der Waals surface area contributed by atoms with Crippen LogP contribution in [0, 0.1) is 71.4 Å². The number of piperazine rings is 2. The van der Waals surface area contributed by atoms with Crippen molar-refractivity contribution in [2.45, 2.75) is 53.4 Å². The highest BCUT2D eigenvalue weighted by atomic mass is 35.5. The number of hydrogen-bond donors (Lipinski definition) is 2. The number of hydrogen-bond acceptors (Lipinski definition) is 14. The molecule has 0 radical (unpaired) electrons. The highest BCUT2D eigenvalue weighted by Crippen LogP contribution is 2.45. The van der Waals surface area contributed by atoms with Gasteiger partial charge in [0.2, 0.25) is 11.8 Å². The normalized spacial score (nSPS) is 13.4. The van der Waals surface area contributed by atoms with Gasteiger partial charge in [0.1, 0.15) is 44.6 Å². The quantitative estimate of drug-likeness (QED) is 0.0425. The number of benzene rings is 2. The molecule has 90 heavy (non-hydrogen) atoms. The summed E-state index contributed by atoms with van der Waals surface area (Å²) in [6.45, 7) is 20.1. The van der Waals surface area contributed by atoms with Crippen molar-refractivity contribution in [3.8, 4) is 46.0 Å². The molecule has 18 nitrogen and oxygen atoms in total.